The van der Waals surface area contributed by atoms with E-state index >= 15 is 0 Å². The first-order valence-corrected chi connectivity index (χ1v) is 4.33. The zero-order valence-electron chi connectivity index (χ0n) is 8.15. The summed E-state index contributed by atoms with van der Waals surface area (Å²) in [4.78, 5) is 17.9. The second-order valence-electron chi connectivity index (χ2n) is 2.96. The summed E-state index contributed by atoms with van der Waals surface area (Å²) in [7, 11) is 0. The summed E-state index contributed by atoms with van der Waals surface area (Å²) in [6.07, 6.45) is 1.33. The van der Waals surface area contributed by atoms with Crippen LogP contribution >= 0.6 is 0 Å². The molecule has 14 heavy (non-hydrogen) atoms. The number of nitrogens with zero attached hydrogens (tertiary/aromatic N) is 3. The summed E-state index contributed by atoms with van der Waals surface area (Å²) in [5.74, 6) is 0.419. The van der Waals surface area contributed by atoms with Crippen molar-refractivity contribution in [1.29, 1.82) is 0 Å². The van der Waals surface area contributed by atoms with Gasteiger partial charge in [-0.15, -0.1) is 0 Å². The van der Waals surface area contributed by atoms with E-state index in [1.54, 1.807) is 6.92 Å². The van der Waals surface area contributed by atoms with Crippen molar-refractivity contribution in [3.63, 3.8) is 0 Å². The van der Waals surface area contributed by atoms with E-state index in [1.165, 1.54) is 0 Å². The van der Waals surface area contributed by atoms with Crippen molar-refractivity contribution in [1.82, 2.24) is 9.97 Å². The van der Waals surface area contributed by atoms with Crippen LogP contribution in [-0.4, -0.2) is 14.9 Å². The molecular weight excluding hydrogens is 184 g/mol. The van der Waals surface area contributed by atoms with Crippen LogP contribution in [0, 0.1) is 17.0 Å². The lowest BCUT2D eigenvalue weighted by molar-refractivity contribution is -0.385. The molecule has 0 aromatic carbocycles. The molecule has 6 heteroatoms. The van der Waals surface area contributed by atoms with Gasteiger partial charge in [-0.3, -0.25) is 10.1 Å². The molecule has 0 unspecified atom stereocenters. The molecule has 2 N–H and O–H groups in total. The molecule has 0 amide bonds. The Labute approximate surface area is 81.3 Å². The molecule has 1 heterocycles. The largest absolute Gasteiger partial charge is 0.378 e. The van der Waals surface area contributed by atoms with Crippen molar-refractivity contribution in [3.05, 3.63) is 21.6 Å². The summed E-state index contributed by atoms with van der Waals surface area (Å²) < 4.78 is 0. The maximum Gasteiger partial charge on any atom is 0.332 e. The van der Waals surface area contributed by atoms with E-state index in [9.17, 15) is 10.1 Å². The van der Waals surface area contributed by atoms with Gasteiger partial charge in [-0.2, -0.15) is 0 Å². The van der Waals surface area contributed by atoms with Gasteiger partial charge < -0.3 is 5.73 Å². The predicted molar refractivity (Wildman–Crippen MR) is 51.8 cm³/mol. The fraction of sp³-hybridized carbons (Fsp3) is 0.500. The molecule has 6 nitrogen and oxygen atoms in total. The van der Waals surface area contributed by atoms with Gasteiger partial charge in [0.2, 0.25) is 5.82 Å². The minimum absolute atomic E-state index is 0.0500. The van der Waals surface area contributed by atoms with E-state index in [2.05, 4.69) is 9.97 Å². The summed E-state index contributed by atoms with van der Waals surface area (Å²) in [6, 6.07) is 0. The molecule has 0 saturated heterocycles. The summed E-state index contributed by atoms with van der Waals surface area (Å²) in [5, 5.41) is 10.7. The standard InChI is InChI=1S/C8H12N4O2/c1-3-4-6-7(12(13)14)8(9)11-5(2)10-6/h3-4H2,1-2H3,(H2,9,10,11). The van der Waals surface area contributed by atoms with Crippen molar-refractivity contribution in [2.75, 3.05) is 5.73 Å². The molecule has 0 radical (unpaired) electrons. The third-order valence-corrected chi connectivity index (χ3v) is 1.76. The average Bonchev–Trinajstić information content (AvgIpc) is 2.01. The smallest absolute Gasteiger partial charge is 0.332 e. The van der Waals surface area contributed by atoms with Crippen molar-refractivity contribution in [2.45, 2.75) is 26.7 Å². The fourth-order valence-electron chi connectivity index (χ4n) is 1.26. The monoisotopic (exact) mass is 196 g/mol. The van der Waals surface area contributed by atoms with E-state index in [0.717, 1.165) is 6.42 Å². The molecule has 0 bridgehead atoms. The van der Waals surface area contributed by atoms with Gasteiger partial charge in [-0.25, -0.2) is 9.97 Å². The van der Waals surface area contributed by atoms with E-state index in [1.807, 2.05) is 6.92 Å². The summed E-state index contributed by atoms with van der Waals surface area (Å²) in [5.41, 5.74) is 5.72. The van der Waals surface area contributed by atoms with Crippen molar-refractivity contribution < 1.29 is 4.92 Å². The Morgan fingerprint density at radius 2 is 2.14 bits per heavy atom. The van der Waals surface area contributed by atoms with Gasteiger partial charge in [-0.1, -0.05) is 13.3 Å². The van der Waals surface area contributed by atoms with Crippen LogP contribution in [0.5, 0.6) is 0 Å². The molecule has 0 aliphatic rings. The Bertz CT molecular complexity index is 365. The average molecular weight is 196 g/mol. The van der Waals surface area contributed by atoms with Gasteiger partial charge in [0, 0.05) is 0 Å². The first-order chi connectivity index (χ1) is 6.56. The SMILES string of the molecule is CCCc1nc(C)nc(N)c1[N+](=O)[O-]. The summed E-state index contributed by atoms with van der Waals surface area (Å²) in [6.45, 7) is 3.59. The Hall–Kier alpha value is -1.72. The summed E-state index contributed by atoms with van der Waals surface area (Å²) >= 11 is 0. The lowest BCUT2D eigenvalue weighted by atomic mass is 10.2. The Morgan fingerprint density at radius 1 is 1.50 bits per heavy atom. The number of anilines is 1. The number of nitrogen functional groups attached to an aromatic ring is 1. The molecule has 0 aliphatic carbocycles. The number of nitro groups is 1. The second kappa shape index (κ2) is 3.99. The quantitative estimate of drug-likeness (QED) is 0.579. The van der Waals surface area contributed by atoms with Crippen LogP contribution in [-0.2, 0) is 6.42 Å². The third kappa shape index (κ3) is 1.95. The van der Waals surface area contributed by atoms with Gasteiger partial charge in [0.15, 0.2) is 0 Å². The van der Waals surface area contributed by atoms with Crippen molar-refractivity contribution >= 4 is 11.5 Å². The highest BCUT2D eigenvalue weighted by atomic mass is 16.6. The molecular formula is C8H12N4O2. The van der Waals surface area contributed by atoms with E-state index in [-0.39, 0.29) is 11.5 Å². The Morgan fingerprint density at radius 3 is 2.64 bits per heavy atom. The zero-order chi connectivity index (χ0) is 10.7. The van der Waals surface area contributed by atoms with Crippen LogP contribution in [0.4, 0.5) is 11.5 Å². The van der Waals surface area contributed by atoms with E-state index < -0.39 is 4.92 Å². The lowest BCUT2D eigenvalue weighted by Gasteiger charge is -2.03. The predicted octanol–water partition coefficient (Wildman–Crippen LogP) is 1.23. The number of aromatic nitrogens is 2. The molecule has 0 saturated carbocycles. The molecule has 1 rings (SSSR count). The number of hydrogen-bond donors (Lipinski definition) is 1. The molecule has 0 aliphatic heterocycles. The molecule has 0 spiro atoms. The minimum Gasteiger partial charge on any atom is -0.378 e. The highest BCUT2D eigenvalue weighted by Crippen LogP contribution is 2.23. The number of rotatable bonds is 3. The van der Waals surface area contributed by atoms with Crippen molar-refractivity contribution in [2.24, 2.45) is 0 Å². The lowest BCUT2D eigenvalue weighted by Crippen LogP contribution is -2.07. The topological polar surface area (TPSA) is 94.9 Å². The highest BCUT2D eigenvalue weighted by Gasteiger charge is 2.20. The van der Waals surface area contributed by atoms with Gasteiger partial charge >= 0.3 is 5.69 Å². The maximum absolute atomic E-state index is 10.7. The van der Waals surface area contributed by atoms with Crippen LogP contribution in [0.25, 0.3) is 0 Å². The first-order valence-electron chi connectivity index (χ1n) is 4.33. The van der Waals surface area contributed by atoms with Gasteiger partial charge in [0.05, 0.1) is 4.92 Å². The minimum atomic E-state index is -0.528. The maximum atomic E-state index is 10.7. The van der Waals surface area contributed by atoms with Crippen LogP contribution < -0.4 is 5.73 Å². The molecule has 76 valence electrons. The number of nitrogens with two attached hydrogens (primary N) is 1. The molecule has 1 aromatic heterocycles. The van der Waals surface area contributed by atoms with Gasteiger partial charge in [0.25, 0.3) is 0 Å². The number of hydrogen-bond acceptors (Lipinski definition) is 5. The Balaban J connectivity index is 3.28. The first kappa shape index (κ1) is 10.4. The second-order valence-corrected chi connectivity index (χ2v) is 2.96. The molecule has 0 fully saturated rings. The van der Waals surface area contributed by atoms with Crippen LogP contribution in [0.3, 0.4) is 0 Å². The normalized spacial score (nSPS) is 10.1. The molecule has 1 aromatic rings. The van der Waals surface area contributed by atoms with Crippen molar-refractivity contribution in [3.8, 4) is 0 Å². The van der Waals surface area contributed by atoms with Crippen LogP contribution in [0.1, 0.15) is 24.9 Å². The highest BCUT2D eigenvalue weighted by molar-refractivity contribution is 5.55. The fourth-order valence-corrected chi connectivity index (χ4v) is 1.26. The van der Waals surface area contributed by atoms with E-state index in [0.29, 0.717) is 17.9 Å². The zero-order valence-corrected chi connectivity index (χ0v) is 8.15. The Kier molecular flexibility index (Phi) is 2.95. The van der Waals surface area contributed by atoms with Crippen LogP contribution in [0.15, 0.2) is 0 Å². The third-order valence-electron chi connectivity index (χ3n) is 1.76. The van der Waals surface area contributed by atoms with Gasteiger partial charge in [0.1, 0.15) is 11.5 Å². The van der Waals surface area contributed by atoms with Crippen LogP contribution in [0.2, 0.25) is 0 Å². The number of aryl methyl sites for hydroxylation is 2. The van der Waals surface area contributed by atoms with Gasteiger partial charge in [-0.05, 0) is 13.3 Å². The van der Waals surface area contributed by atoms with E-state index in [4.69, 9.17) is 5.73 Å². The molecule has 0 atom stereocenters.